The molecule has 1 aromatic carbocycles. The molecule has 0 aromatic heterocycles. The van der Waals surface area contributed by atoms with Gasteiger partial charge in [-0.25, -0.2) is 4.39 Å². The summed E-state index contributed by atoms with van der Waals surface area (Å²) in [5.41, 5.74) is 1.87. The summed E-state index contributed by atoms with van der Waals surface area (Å²) in [6.45, 7) is 11.4. The standard InChI is InChI=1S/C18H31FN2/c1-5-8-13-21(14-9-6-2)17-12-10-11-16(19)18(17)15(4)20-7-3/h10-12,15,20H,5-9,13-14H2,1-4H3. The van der Waals surface area contributed by atoms with Crippen LogP contribution in [0, 0.1) is 5.82 Å². The Morgan fingerprint density at radius 1 is 1.10 bits per heavy atom. The number of rotatable bonds is 10. The van der Waals surface area contributed by atoms with Crippen LogP contribution >= 0.6 is 0 Å². The van der Waals surface area contributed by atoms with Crippen molar-refractivity contribution in [1.29, 1.82) is 0 Å². The van der Waals surface area contributed by atoms with E-state index in [0.717, 1.165) is 56.6 Å². The molecule has 0 aliphatic rings. The van der Waals surface area contributed by atoms with Gasteiger partial charge >= 0.3 is 0 Å². The van der Waals surface area contributed by atoms with Crippen molar-refractivity contribution in [2.75, 3.05) is 24.5 Å². The van der Waals surface area contributed by atoms with Gasteiger partial charge in [0.2, 0.25) is 0 Å². The molecular weight excluding hydrogens is 263 g/mol. The minimum Gasteiger partial charge on any atom is -0.371 e. The van der Waals surface area contributed by atoms with Crippen LogP contribution in [-0.2, 0) is 0 Å². The third-order valence-electron chi connectivity index (χ3n) is 3.88. The van der Waals surface area contributed by atoms with E-state index in [1.54, 1.807) is 6.07 Å². The van der Waals surface area contributed by atoms with E-state index in [1.807, 2.05) is 13.0 Å². The average molecular weight is 294 g/mol. The first-order chi connectivity index (χ1) is 10.2. The predicted molar refractivity (Wildman–Crippen MR) is 90.5 cm³/mol. The maximum Gasteiger partial charge on any atom is 0.130 e. The minimum atomic E-state index is -0.0982. The second-order valence-electron chi connectivity index (χ2n) is 5.65. The number of anilines is 1. The fourth-order valence-corrected chi connectivity index (χ4v) is 2.69. The molecule has 0 heterocycles. The predicted octanol–water partition coefficient (Wildman–Crippen LogP) is 4.90. The molecule has 1 rings (SSSR count). The average Bonchev–Trinajstić information content (AvgIpc) is 2.47. The van der Waals surface area contributed by atoms with Crippen molar-refractivity contribution in [2.45, 2.75) is 59.4 Å². The fourth-order valence-electron chi connectivity index (χ4n) is 2.69. The van der Waals surface area contributed by atoms with Gasteiger partial charge in [0.25, 0.3) is 0 Å². The van der Waals surface area contributed by atoms with Crippen molar-refractivity contribution in [3.8, 4) is 0 Å². The summed E-state index contributed by atoms with van der Waals surface area (Å²) in [5, 5.41) is 3.34. The van der Waals surface area contributed by atoms with Crippen LogP contribution in [0.1, 0.15) is 65.0 Å². The van der Waals surface area contributed by atoms with Gasteiger partial charge in [-0.1, -0.05) is 39.7 Å². The molecule has 0 radical (unpaired) electrons. The number of halogens is 1. The Morgan fingerprint density at radius 2 is 1.71 bits per heavy atom. The molecule has 0 spiro atoms. The van der Waals surface area contributed by atoms with Gasteiger partial charge in [0, 0.05) is 30.4 Å². The second-order valence-corrected chi connectivity index (χ2v) is 5.65. The van der Waals surface area contributed by atoms with Gasteiger partial charge < -0.3 is 10.2 Å². The van der Waals surface area contributed by atoms with Crippen molar-refractivity contribution in [3.05, 3.63) is 29.6 Å². The molecule has 120 valence electrons. The molecule has 0 amide bonds. The van der Waals surface area contributed by atoms with E-state index in [1.165, 1.54) is 0 Å². The van der Waals surface area contributed by atoms with Crippen LogP contribution in [-0.4, -0.2) is 19.6 Å². The molecule has 1 N–H and O–H groups in total. The van der Waals surface area contributed by atoms with Gasteiger partial charge in [-0.2, -0.15) is 0 Å². The van der Waals surface area contributed by atoms with Crippen molar-refractivity contribution in [1.82, 2.24) is 5.32 Å². The number of hydrogen-bond acceptors (Lipinski definition) is 2. The summed E-state index contributed by atoms with van der Waals surface area (Å²) >= 11 is 0. The van der Waals surface area contributed by atoms with Crippen LogP contribution in [0.3, 0.4) is 0 Å². The van der Waals surface area contributed by atoms with Gasteiger partial charge in [-0.15, -0.1) is 0 Å². The maximum absolute atomic E-state index is 14.4. The highest BCUT2D eigenvalue weighted by atomic mass is 19.1. The SMILES string of the molecule is CCCCN(CCCC)c1cccc(F)c1C(C)NCC. The van der Waals surface area contributed by atoms with E-state index in [0.29, 0.717) is 0 Å². The largest absolute Gasteiger partial charge is 0.371 e. The normalized spacial score (nSPS) is 12.4. The van der Waals surface area contributed by atoms with Crippen molar-refractivity contribution < 1.29 is 4.39 Å². The third kappa shape index (κ3) is 5.31. The zero-order valence-electron chi connectivity index (χ0n) is 14.1. The van der Waals surface area contributed by atoms with E-state index in [2.05, 4.69) is 37.1 Å². The molecule has 1 atom stereocenters. The molecule has 1 aromatic rings. The molecule has 3 heteroatoms. The zero-order chi connectivity index (χ0) is 15.7. The highest BCUT2D eigenvalue weighted by Crippen LogP contribution is 2.29. The molecule has 21 heavy (non-hydrogen) atoms. The highest BCUT2D eigenvalue weighted by Gasteiger charge is 2.18. The summed E-state index contributed by atoms with van der Waals surface area (Å²) in [4.78, 5) is 2.36. The zero-order valence-corrected chi connectivity index (χ0v) is 14.1. The van der Waals surface area contributed by atoms with Gasteiger partial charge in [0.1, 0.15) is 5.82 Å². The van der Waals surface area contributed by atoms with E-state index < -0.39 is 0 Å². The number of benzene rings is 1. The van der Waals surface area contributed by atoms with Gasteiger partial charge in [0.15, 0.2) is 0 Å². The summed E-state index contributed by atoms with van der Waals surface area (Å²) in [7, 11) is 0. The lowest BCUT2D eigenvalue weighted by atomic mass is 10.0. The van der Waals surface area contributed by atoms with Crippen LogP contribution in [0.2, 0.25) is 0 Å². The van der Waals surface area contributed by atoms with Crippen LogP contribution < -0.4 is 10.2 Å². The van der Waals surface area contributed by atoms with E-state index in [9.17, 15) is 4.39 Å². The number of hydrogen-bond donors (Lipinski definition) is 1. The number of nitrogens with zero attached hydrogens (tertiary/aromatic N) is 1. The number of nitrogens with one attached hydrogen (secondary N) is 1. The molecule has 0 saturated heterocycles. The summed E-state index contributed by atoms with van der Waals surface area (Å²) in [6, 6.07) is 5.51. The smallest absolute Gasteiger partial charge is 0.130 e. The third-order valence-corrected chi connectivity index (χ3v) is 3.88. The van der Waals surface area contributed by atoms with Crippen molar-refractivity contribution in [2.24, 2.45) is 0 Å². The highest BCUT2D eigenvalue weighted by molar-refractivity contribution is 5.55. The number of unbranched alkanes of at least 4 members (excludes halogenated alkanes) is 2. The first-order valence-electron chi connectivity index (χ1n) is 8.42. The quantitative estimate of drug-likeness (QED) is 0.660. The molecule has 0 aliphatic carbocycles. The molecular formula is C18H31FN2. The van der Waals surface area contributed by atoms with E-state index in [-0.39, 0.29) is 11.9 Å². The fraction of sp³-hybridized carbons (Fsp3) is 0.667. The lowest BCUT2D eigenvalue weighted by molar-refractivity contribution is 0.537. The summed E-state index contributed by atoms with van der Waals surface area (Å²) in [6.07, 6.45) is 4.62. The lowest BCUT2D eigenvalue weighted by Gasteiger charge is -2.29. The Kier molecular flexibility index (Phi) is 8.36. The Balaban J connectivity index is 3.07. The van der Waals surface area contributed by atoms with E-state index >= 15 is 0 Å². The van der Waals surface area contributed by atoms with Crippen LogP contribution in [0.5, 0.6) is 0 Å². The summed E-state index contributed by atoms with van der Waals surface area (Å²) < 4.78 is 14.4. The maximum atomic E-state index is 14.4. The molecule has 1 unspecified atom stereocenters. The first-order valence-corrected chi connectivity index (χ1v) is 8.42. The van der Waals surface area contributed by atoms with Gasteiger partial charge in [0.05, 0.1) is 0 Å². The Labute approximate surface area is 129 Å². The Hall–Kier alpha value is -1.09. The van der Waals surface area contributed by atoms with Gasteiger partial charge in [-0.3, -0.25) is 0 Å². The summed E-state index contributed by atoms with van der Waals surface area (Å²) in [5.74, 6) is -0.0982. The molecule has 0 fully saturated rings. The second kappa shape index (κ2) is 9.78. The topological polar surface area (TPSA) is 15.3 Å². The minimum absolute atomic E-state index is 0.0388. The Morgan fingerprint density at radius 3 is 2.24 bits per heavy atom. The van der Waals surface area contributed by atoms with Crippen LogP contribution in [0.25, 0.3) is 0 Å². The Bertz CT molecular complexity index is 398. The van der Waals surface area contributed by atoms with Crippen LogP contribution in [0.4, 0.5) is 10.1 Å². The monoisotopic (exact) mass is 294 g/mol. The molecule has 0 bridgehead atoms. The molecule has 0 aliphatic heterocycles. The first kappa shape index (κ1) is 18.0. The van der Waals surface area contributed by atoms with Crippen molar-refractivity contribution >= 4 is 5.69 Å². The lowest BCUT2D eigenvalue weighted by Crippen LogP contribution is -2.29. The van der Waals surface area contributed by atoms with Crippen molar-refractivity contribution in [3.63, 3.8) is 0 Å². The molecule has 2 nitrogen and oxygen atoms in total. The van der Waals surface area contributed by atoms with Gasteiger partial charge in [-0.05, 0) is 38.4 Å². The van der Waals surface area contributed by atoms with E-state index in [4.69, 9.17) is 0 Å². The molecule has 0 saturated carbocycles. The van der Waals surface area contributed by atoms with Crippen LogP contribution in [0.15, 0.2) is 18.2 Å².